The molecule has 0 spiro atoms. The van der Waals surface area contributed by atoms with E-state index in [1.807, 2.05) is 36.4 Å². The van der Waals surface area contributed by atoms with Crippen LogP contribution in [0.4, 0.5) is 0 Å². The van der Waals surface area contributed by atoms with Crippen LogP contribution in [0.2, 0.25) is 0 Å². The molecule has 21 heavy (non-hydrogen) atoms. The monoisotopic (exact) mass is 283 g/mol. The Labute approximate surface area is 125 Å². The summed E-state index contributed by atoms with van der Waals surface area (Å²) >= 11 is 0. The van der Waals surface area contributed by atoms with Gasteiger partial charge in [0.05, 0.1) is 24.9 Å². The molecular formula is C18H21NO2. The molecule has 0 unspecified atom stereocenters. The highest BCUT2D eigenvalue weighted by molar-refractivity contribution is 5.34. The molecule has 0 amide bonds. The third-order valence-electron chi connectivity index (χ3n) is 4.16. The fraction of sp³-hybridized carbons (Fsp3) is 0.333. The van der Waals surface area contributed by atoms with Crippen LogP contribution in [-0.4, -0.2) is 30.0 Å². The van der Waals surface area contributed by atoms with Crippen molar-refractivity contribution in [3.05, 3.63) is 71.8 Å². The quantitative estimate of drug-likeness (QED) is 0.908. The van der Waals surface area contributed by atoms with Crippen LogP contribution in [0, 0.1) is 0 Å². The Balaban J connectivity index is 1.94. The zero-order chi connectivity index (χ0) is 14.7. The van der Waals surface area contributed by atoms with Crippen molar-refractivity contribution in [2.45, 2.75) is 30.6 Å². The predicted octanol–water partition coefficient (Wildman–Crippen LogP) is 2.30. The first-order valence-electron chi connectivity index (χ1n) is 7.41. The maximum Gasteiger partial charge on any atom is 0.0738 e. The van der Waals surface area contributed by atoms with Gasteiger partial charge in [-0.25, -0.2) is 0 Å². The van der Waals surface area contributed by atoms with Gasteiger partial charge in [0.25, 0.3) is 0 Å². The van der Waals surface area contributed by atoms with Crippen LogP contribution < -0.4 is 5.73 Å². The zero-order valence-electron chi connectivity index (χ0n) is 11.9. The zero-order valence-corrected chi connectivity index (χ0v) is 11.9. The molecule has 3 atom stereocenters. The maximum absolute atomic E-state index is 10.1. The molecule has 0 aliphatic carbocycles. The summed E-state index contributed by atoms with van der Waals surface area (Å²) in [7, 11) is 0. The van der Waals surface area contributed by atoms with Crippen molar-refractivity contribution >= 4 is 0 Å². The van der Waals surface area contributed by atoms with Gasteiger partial charge < -0.3 is 15.6 Å². The number of rotatable bonds is 3. The summed E-state index contributed by atoms with van der Waals surface area (Å²) < 4.78 is 5.95. The van der Waals surface area contributed by atoms with E-state index >= 15 is 0 Å². The Hall–Kier alpha value is -1.68. The van der Waals surface area contributed by atoms with E-state index < -0.39 is 6.10 Å². The van der Waals surface area contributed by atoms with E-state index in [0.29, 0.717) is 13.0 Å². The van der Waals surface area contributed by atoms with Crippen LogP contribution in [0.25, 0.3) is 0 Å². The van der Waals surface area contributed by atoms with Crippen LogP contribution in [0.3, 0.4) is 0 Å². The molecule has 1 aliphatic rings. The molecule has 0 radical (unpaired) electrons. The summed E-state index contributed by atoms with van der Waals surface area (Å²) in [6, 6.07) is 20.3. The van der Waals surface area contributed by atoms with E-state index in [2.05, 4.69) is 24.3 Å². The number of hydrogen-bond acceptors (Lipinski definition) is 3. The van der Waals surface area contributed by atoms with Crippen LogP contribution in [-0.2, 0) is 4.74 Å². The number of benzene rings is 2. The third-order valence-corrected chi connectivity index (χ3v) is 4.16. The number of ether oxygens (including phenoxy) is 1. The fourth-order valence-corrected chi connectivity index (χ4v) is 3.00. The standard InChI is InChI=1S/C18H21NO2/c19-15-12-21-17(11-16(15)20)18(13-7-3-1-4-8-13)14-9-5-2-6-10-14/h1-10,15-18,20H,11-12,19H2/t15-,16-,17+/m0/s1. The predicted molar refractivity (Wildman–Crippen MR) is 83.1 cm³/mol. The number of nitrogens with two attached hydrogens (primary N) is 1. The highest BCUT2D eigenvalue weighted by Crippen LogP contribution is 2.34. The normalized spacial score (nSPS) is 26.0. The van der Waals surface area contributed by atoms with Crippen molar-refractivity contribution in [3.63, 3.8) is 0 Å². The summed E-state index contributed by atoms with van der Waals surface area (Å²) in [6.45, 7) is 0.405. The Bertz CT molecular complexity index is 518. The van der Waals surface area contributed by atoms with Crippen LogP contribution in [0.5, 0.6) is 0 Å². The van der Waals surface area contributed by atoms with E-state index in [1.165, 1.54) is 11.1 Å². The minimum Gasteiger partial charge on any atom is -0.391 e. The lowest BCUT2D eigenvalue weighted by atomic mass is 9.82. The summed E-state index contributed by atoms with van der Waals surface area (Å²) in [5, 5.41) is 10.1. The van der Waals surface area contributed by atoms with E-state index in [1.54, 1.807) is 0 Å². The fourth-order valence-electron chi connectivity index (χ4n) is 3.00. The number of hydrogen-bond donors (Lipinski definition) is 2. The van der Waals surface area contributed by atoms with Gasteiger partial charge in [-0.15, -0.1) is 0 Å². The molecule has 3 heteroatoms. The van der Waals surface area contributed by atoms with Crippen molar-refractivity contribution in [2.24, 2.45) is 5.73 Å². The highest BCUT2D eigenvalue weighted by atomic mass is 16.5. The summed E-state index contributed by atoms with van der Waals surface area (Å²) in [5.74, 6) is 0.120. The first kappa shape index (κ1) is 14.3. The van der Waals surface area contributed by atoms with E-state index in [9.17, 15) is 5.11 Å². The topological polar surface area (TPSA) is 55.5 Å². The van der Waals surface area contributed by atoms with Gasteiger partial charge in [-0.05, 0) is 11.1 Å². The number of aliphatic hydroxyl groups is 1. The molecule has 3 rings (SSSR count). The lowest BCUT2D eigenvalue weighted by Crippen LogP contribution is -2.48. The van der Waals surface area contributed by atoms with Crippen LogP contribution in [0.15, 0.2) is 60.7 Å². The van der Waals surface area contributed by atoms with E-state index in [-0.39, 0.29) is 18.1 Å². The number of aliphatic hydroxyl groups excluding tert-OH is 1. The second-order valence-corrected chi connectivity index (χ2v) is 5.64. The van der Waals surface area contributed by atoms with Crippen molar-refractivity contribution in [1.82, 2.24) is 0 Å². The largest absolute Gasteiger partial charge is 0.391 e. The summed E-state index contributed by atoms with van der Waals surface area (Å²) in [6.07, 6.45) is 0.0126. The van der Waals surface area contributed by atoms with Gasteiger partial charge in [0.2, 0.25) is 0 Å². The van der Waals surface area contributed by atoms with Gasteiger partial charge in [0.1, 0.15) is 0 Å². The summed E-state index contributed by atoms with van der Waals surface area (Å²) in [4.78, 5) is 0. The lowest BCUT2D eigenvalue weighted by Gasteiger charge is -2.36. The molecular weight excluding hydrogens is 262 g/mol. The highest BCUT2D eigenvalue weighted by Gasteiger charge is 2.34. The van der Waals surface area contributed by atoms with Crippen molar-refractivity contribution in [1.29, 1.82) is 0 Å². The Morgan fingerprint density at radius 1 is 0.952 bits per heavy atom. The van der Waals surface area contributed by atoms with Crippen molar-refractivity contribution < 1.29 is 9.84 Å². The Morgan fingerprint density at radius 3 is 1.95 bits per heavy atom. The van der Waals surface area contributed by atoms with Crippen molar-refractivity contribution in [3.8, 4) is 0 Å². The third kappa shape index (κ3) is 3.16. The van der Waals surface area contributed by atoms with Crippen LogP contribution in [0.1, 0.15) is 23.5 Å². The first-order chi connectivity index (χ1) is 10.3. The molecule has 3 nitrogen and oxygen atoms in total. The molecule has 110 valence electrons. The maximum atomic E-state index is 10.1. The summed E-state index contributed by atoms with van der Waals surface area (Å²) in [5.41, 5.74) is 8.25. The molecule has 1 saturated heterocycles. The molecule has 0 bridgehead atoms. The van der Waals surface area contributed by atoms with Gasteiger partial charge in [-0.2, -0.15) is 0 Å². The minimum atomic E-state index is -0.501. The van der Waals surface area contributed by atoms with E-state index in [4.69, 9.17) is 10.5 Å². The average Bonchev–Trinajstić information content (AvgIpc) is 2.53. The molecule has 0 aromatic heterocycles. The molecule has 2 aromatic rings. The van der Waals surface area contributed by atoms with E-state index in [0.717, 1.165) is 0 Å². The first-order valence-corrected chi connectivity index (χ1v) is 7.41. The SMILES string of the molecule is N[C@H]1CO[C@@H](C(c2ccccc2)c2ccccc2)C[C@@H]1O. The Kier molecular flexibility index (Phi) is 4.34. The van der Waals surface area contributed by atoms with Crippen molar-refractivity contribution in [2.75, 3.05) is 6.61 Å². The van der Waals surface area contributed by atoms with Gasteiger partial charge in [-0.3, -0.25) is 0 Å². The van der Waals surface area contributed by atoms with Gasteiger partial charge >= 0.3 is 0 Å². The van der Waals surface area contributed by atoms with Gasteiger partial charge in [0.15, 0.2) is 0 Å². The van der Waals surface area contributed by atoms with Crippen LogP contribution >= 0.6 is 0 Å². The smallest absolute Gasteiger partial charge is 0.0738 e. The second kappa shape index (κ2) is 6.39. The minimum absolute atomic E-state index is 0.0513. The molecule has 1 aliphatic heterocycles. The lowest BCUT2D eigenvalue weighted by molar-refractivity contribution is -0.0625. The molecule has 0 saturated carbocycles. The molecule has 1 heterocycles. The second-order valence-electron chi connectivity index (χ2n) is 5.64. The molecule has 2 aromatic carbocycles. The average molecular weight is 283 g/mol. The van der Waals surface area contributed by atoms with Gasteiger partial charge in [-0.1, -0.05) is 60.7 Å². The Morgan fingerprint density at radius 2 is 1.48 bits per heavy atom. The molecule has 1 fully saturated rings. The molecule has 3 N–H and O–H groups in total. The van der Waals surface area contributed by atoms with Gasteiger partial charge in [0, 0.05) is 12.3 Å².